The molecule has 1 heterocycles. The van der Waals surface area contributed by atoms with Gasteiger partial charge in [0.15, 0.2) is 5.76 Å². The standard InChI is InChI=1S/C15H18N2O2/c1-16(2)13-8-6-12(7-9-13)11-17(3)15(18)14-5-4-10-19-14/h4-10H,11H2,1-3H3. The Labute approximate surface area is 113 Å². The van der Waals surface area contributed by atoms with E-state index in [4.69, 9.17) is 4.42 Å². The number of benzene rings is 1. The van der Waals surface area contributed by atoms with Crippen LogP contribution in [0.1, 0.15) is 16.1 Å². The van der Waals surface area contributed by atoms with Crippen molar-refractivity contribution in [1.29, 1.82) is 0 Å². The van der Waals surface area contributed by atoms with E-state index in [-0.39, 0.29) is 5.91 Å². The highest BCUT2D eigenvalue weighted by molar-refractivity contribution is 5.91. The van der Waals surface area contributed by atoms with Crippen LogP contribution >= 0.6 is 0 Å². The van der Waals surface area contributed by atoms with Gasteiger partial charge >= 0.3 is 0 Å². The van der Waals surface area contributed by atoms with Crippen LogP contribution in [0.3, 0.4) is 0 Å². The maximum Gasteiger partial charge on any atom is 0.289 e. The number of nitrogens with zero attached hydrogens (tertiary/aromatic N) is 2. The van der Waals surface area contributed by atoms with E-state index in [2.05, 4.69) is 0 Å². The summed E-state index contributed by atoms with van der Waals surface area (Å²) in [6, 6.07) is 11.5. The van der Waals surface area contributed by atoms with Gasteiger partial charge in [-0.25, -0.2) is 0 Å². The van der Waals surface area contributed by atoms with E-state index in [1.54, 1.807) is 24.1 Å². The number of furan rings is 1. The summed E-state index contributed by atoms with van der Waals surface area (Å²) in [6.07, 6.45) is 1.51. The van der Waals surface area contributed by atoms with Gasteiger partial charge in [-0.15, -0.1) is 0 Å². The van der Waals surface area contributed by atoms with Gasteiger partial charge in [-0.05, 0) is 29.8 Å². The van der Waals surface area contributed by atoms with E-state index >= 15 is 0 Å². The molecule has 4 nitrogen and oxygen atoms in total. The molecule has 2 rings (SSSR count). The Bertz CT molecular complexity index is 530. The predicted octanol–water partition coefficient (Wildman–Crippen LogP) is 2.62. The summed E-state index contributed by atoms with van der Waals surface area (Å²) in [5.74, 6) is 0.258. The monoisotopic (exact) mass is 258 g/mol. The molecule has 19 heavy (non-hydrogen) atoms. The number of rotatable bonds is 4. The van der Waals surface area contributed by atoms with Crippen molar-refractivity contribution in [2.24, 2.45) is 0 Å². The van der Waals surface area contributed by atoms with Crippen molar-refractivity contribution in [2.75, 3.05) is 26.0 Å². The predicted molar refractivity (Wildman–Crippen MR) is 75.3 cm³/mol. The summed E-state index contributed by atoms with van der Waals surface area (Å²) >= 11 is 0. The van der Waals surface area contributed by atoms with Gasteiger partial charge in [-0.3, -0.25) is 4.79 Å². The minimum atomic E-state index is -0.110. The molecule has 0 unspecified atom stereocenters. The van der Waals surface area contributed by atoms with Crippen LogP contribution in [0.4, 0.5) is 5.69 Å². The Hall–Kier alpha value is -2.23. The van der Waals surface area contributed by atoms with Gasteiger partial charge in [-0.1, -0.05) is 12.1 Å². The van der Waals surface area contributed by atoms with Crippen LogP contribution in [-0.2, 0) is 6.54 Å². The molecule has 0 aliphatic carbocycles. The van der Waals surface area contributed by atoms with Crippen LogP contribution in [0.15, 0.2) is 47.1 Å². The zero-order chi connectivity index (χ0) is 13.8. The molecule has 0 atom stereocenters. The third-order valence-electron chi connectivity index (χ3n) is 2.95. The van der Waals surface area contributed by atoms with Gasteiger partial charge < -0.3 is 14.2 Å². The van der Waals surface area contributed by atoms with E-state index in [9.17, 15) is 4.79 Å². The van der Waals surface area contributed by atoms with Crippen LogP contribution in [-0.4, -0.2) is 32.0 Å². The number of anilines is 1. The van der Waals surface area contributed by atoms with Gasteiger partial charge in [0.05, 0.1) is 6.26 Å². The normalized spacial score (nSPS) is 10.3. The molecule has 0 spiro atoms. The minimum Gasteiger partial charge on any atom is -0.459 e. The Kier molecular flexibility index (Phi) is 3.90. The van der Waals surface area contributed by atoms with E-state index in [1.165, 1.54) is 6.26 Å². The van der Waals surface area contributed by atoms with Crippen molar-refractivity contribution in [3.8, 4) is 0 Å². The third kappa shape index (κ3) is 3.16. The summed E-state index contributed by atoms with van der Waals surface area (Å²) < 4.78 is 5.11. The summed E-state index contributed by atoms with van der Waals surface area (Å²) in [7, 11) is 5.77. The van der Waals surface area contributed by atoms with E-state index in [1.807, 2.05) is 43.3 Å². The molecule has 4 heteroatoms. The second kappa shape index (κ2) is 5.61. The lowest BCUT2D eigenvalue weighted by Crippen LogP contribution is -2.25. The first kappa shape index (κ1) is 13.2. The van der Waals surface area contributed by atoms with Gasteiger partial charge in [0.2, 0.25) is 0 Å². The smallest absolute Gasteiger partial charge is 0.289 e. The van der Waals surface area contributed by atoms with Crippen LogP contribution in [0, 0.1) is 0 Å². The first-order valence-corrected chi connectivity index (χ1v) is 6.13. The van der Waals surface area contributed by atoms with Gasteiger partial charge in [-0.2, -0.15) is 0 Å². The fraction of sp³-hybridized carbons (Fsp3) is 0.267. The molecule has 2 aromatic rings. The third-order valence-corrected chi connectivity index (χ3v) is 2.95. The molecular formula is C15H18N2O2. The Morgan fingerprint density at radius 2 is 1.79 bits per heavy atom. The fourth-order valence-electron chi connectivity index (χ4n) is 1.83. The van der Waals surface area contributed by atoms with E-state index in [0.717, 1.165) is 11.3 Å². The Balaban J connectivity index is 2.02. The molecule has 0 fully saturated rings. The van der Waals surface area contributed by atoms with Crippen molar-refractivity contribution in [1.82, 2.24) is 4.90 Å². The molecule has 0 N–H and O–H groups in total. The molecule has 1 aromatic carbocycles. The summed E-state index contributed by atoms with van der Waals surface area (Å²) in [4.78, 5) is 15.7. The van der Waals surface area contributed by atoms with Crippen LogP contribution in [0.25, 0.3) is 0 Å². The van der Waals surface area contributed by atoms with Gasteiger partial charge in [0.1, 0.15) is 0 Å². The topological polar surface area (TPSA) is 36.7 Å². The highest BCUT2D eigenvalue weighted by atomic mass is 16.3. The molecule has 0 saturated carbocycles. The lowest BCUT2D eigenvalue weighted by Gasteiger charge is -2.17. The molecule has 0 aliphatic heterocycles. The zero-order valence-corrected chi connectivity index (χ0v) is 11.5. The second-order valence-corrected chi connectivity index (χ2v) is 4.70. The summed E-state index contributed by atoms with van der Waals surface area (Å²) in [5.41, 5.74) is 2.23. The molecule has 0 saturated heterocycles. The van der Waals surface area contributed by atoms with E-state index < -0.39 is 0 Å². The average Bonchev–Trinajstić information content (AvgIpc) is 2.92. The molecule has 1 amide bonds. The van der Waals surface area contributed by atoms with Crippen LogP contribution < -0.4 is 4.90 Å². The summed E-state index contributed by atoms with van der Waals surface area (Å²) in [5, 5.41) is 0. The summed E-state index contributed by atoms with van der Waals surface area (Å²) in [6.45, 7) is 0.563. The minimum absolute atomic E-state index is 0.110. The molecule has 0 bridgehead atoms. The lowest BCUT2D eigenvalue weighted by atomic mass is 10.2. The van der Waals surface area contributed by atoms with Gasteiger partial charge in [0, 0.05) is 33.4 Å². The quantitative estimate of drug-likeness (QED) is 0.846. The van der Waals surface area contributed by atoms with Crippen molar-refractivity contribution in [3.05, 3.63) is 54.0 Å². The van der Waals surface area contributed by atoms with Crippen molar-refractivity contribution >= 4 is 11.6 Å². The molecule has 0 radical (unpaired) electrons. The van der Waals surface area contributed by atoms with Crippen molar-refractivity contribution in [2.45, 2.75) is 6.54 Å². The maximum atomic E-state index is 12.0. The zero-order valence-electron chi connectivity index (χ0n) is 11.5. The van der Waals surface area contributed by atoms with Gasteiger partial charge in [0.25, 0.3) is 5.91 Å². The number of hydrogen-bond donors (Lipinski definition) is 0. The first-order chi connectivity index (χ1) is 9.08. The lowest BCUT2D eigenvalue weighted by molar-refractivity contribution is 0.0753. The first-order valence-electron chi connectivity index (χ1n) is 6.13. The number of carbonyl (C=O) groups excluding carboxylic acids is 1. The van der Waals surface area contributed by atoms with Crippen molar-refractivity contribution in [3.63, 3.8) is 0 Å². The molecule has 1 aromatic heterocycles. The SMILES string of the molecule is CN(Cc1ccc(N(C)C)cc1)C(=O)c1ccco1. The average molecular weight is 258 g/mol. The maximum absolute atomic E-state index is 12.0. The number of amides is 1. The highest BCUT2D eigenvalue weighted by Crippen LogP contribution is 2.14. The highest BCUT2D eigenvalue weighted by Gasteiger charge is 2.14. The Morgan fingerprint density at radius 3 is 2.32 bits per heavy atom. The molecule has 100 valence electrons. The largest absolute Gasteiger partial charge is 0.459 e. The molecular weight excluding hydrogens is 240 g/mol. The van der Waals surface area contributed by atoms with Crippen LogP contribution in [0.2, 0.25) is 0 Å². The van der Waals surface area contributed by atoms with Crippen LogP contribution in [0.5, 0.6) is 0 Å². The number of hydrogen-bond acceptors (Lipinski definition) is 3. The second-order valence-electron chi connectivity index (χ2n) is 4.70. The molecule has 0 aliphatic rings. The van der Waals surface area contributed by atoms with E-state index in [0.29, 0.717) is 12.3 Å². The number of carbonyl (C=O) groups is 1. The Morgan fingerprint density at radius 1 is 1.11 bits per heavy atom. The fourth-order valence-corrected chi connectivity index (χ4v) is 1.83. The van der Waals surface area contributed by atoms with Crippen molar-refractivity contribution < 1.29 is 9.21 Å².